The van der Waals surface area contributed by atoms with Crippen LogP contribution in [0.25, 0.3) is 0 Å². The second-order valence-corrected chi connectivity index (χ2v) is 7.48. The second-order valence-electron chi connectivity index (χ2n) is 4.89. The van der Waals surface area contributed by atoms with Gasteiger partial charge in [0.05, 0.1) is 4.90 Å². The van der Waals surface area contributed by atoms with E-state index in [0.29, 0.717) is 15.7 Å². The van der Waals surface area contributed by atoms with Gasteiger partial charge in [-0.1, -0.05) is 24.3 Å². The lowest BCUT2D eigenvalue weighted by atomic mass is 10.1. The minimum atomic E-state index is -3.60. The molecule has 2 aromatic carbocycles. The number of benzene rings is 2. The Labute approximate surface area is 133 Å². The van der Waals surface area contributed by atoms with Gasteiger partial charge in [0, 0.05) is 16.7 Å². The van der Waals surface area contributed by atoms with Gasteiger partial charge in [-0.05, 0) is 58.6 Å². The van der Waals surface area contributed by atoms with Crippen LogP contribution in [0.3, 0.4) is 0 Å². The lowest BCUT2D eigenvalue weighted by Crippen LogP contribution is -2.24. The van der Waals surface area contributed by atoms with Gasteiger partial charge < -0.3 is 5.73 Å². The molecule has 0 unspecified atom stereocenters. The molecular formula is C15H17BrN2O2S. The van der Waals surface area contributed by atoms with Crippen molar-refractivity contribution in [1.82, 2.24) is 4.72 Å². The molecule has 2 rings (SSSR count). The molecule has 3 N–H and O–H groups in total. The number of rotatable bonds is 4. The molecule has 0 saturated carbocycles. The topological polar surface area (TPSA) is 72.2 Å². The minimum Gasteiger partial charge on any atom is -0.398 e. The summed E-state index contributed by atoms with van der Waals surface area (Å²) in [5.74, 6) is 0. The van der Waals surface area contributed by atoms with Crippen molar-refractivity contribution in [3.8, 4) is 0 Å². The molecule has 0 aliphatic carbocycles. The Hall–Kier alpha value is -1.37. The first-order valence-corrected chi connectivity index (χ1v) is 8.68. The highest BCUT2D eigenvalue weighted by Crippen LogP contribution is 2.26. The number of nitrogens with one attached hydrogen (secondary N) is 1. The van der Waals surface area contributed by atoms with Crippen LogP contribution in [0.2, 0.25) is 0 Å². The predicted molar refractivity (Wildman–Crippen MR) is 88.5 cm³/mol. The zero-order chi connectivity index (χ0) is 15.6. The van der Waals surface area contributed by atoms with Crippen LogP contribution >= 0.6 is 15.9 Å². The fraction of sp³-hybridized carbons (Fsp3) is 0.200. The first-order valence-electron chi connectivity index (χ1n) is 6.41. The van der Waals surface area contributed by atoms with E-state index in [2.05, 4.69) is 20.7 Å². The van der Waals surface area contributed by atoms with Gasteiger partial charge in [0.25, 0.3) is 0 Å². The molecule has 0 fully saturated rings. The number of nitrogen functional groups attached to an aromatic ring is 1. The van der Waals surface area contributed by atoms with E-state index >= 15 is 0 Å². The van der Waals surface area contributed by atoms with Crippen LogP contribution in [-0.2, 0) is 16.6 Å². The first kappa shape index (κ1) is 16.0. The van der Waals surface area contributed by atoms with E-state index in [-0.39, 0.29) is 11.4 Å². The Morgan fingerprint density at radius 2 is 1.81 bits per heavy atom. The zero-order valence-corrected chi connectivity index (χ0v) is 14.3. The summed E-state index contributed by atoms with van der Waals surface area (Å²) in [5, 5.41) is 0. The van der Waals surface area contributed by atoms with Gasteiger partial charge in [-0.3, -0.25) is 0 Å². The highest BCUT2D eigenvalue weighted by atomic mass is 79.9. The lowest BCUT2D eigenvalue weighted by molar-refractivity contribution is 0.580. The molecule has 0 saturated heterocycles. The van der Waals surface area contributed by atoms with Gasteiger partial charge in [0.2, 0.25) is 10.0 Å². The molecule has 0 spiro atoms. The first-order chi connectivity index (χ1) is 9.81. The third kappa shape index (κ3) is 3.64. The molecule has 0 bridgehead atoms. The van der Waals surface area contributed by atoms with Crippen LogP contribution in [0.1, 0.15) is 16.7 Å². The Bertz CT molecular complexity index is 773. The third-order valence-corrected chi connectivity index (χ3v) is 5.53. The average molecular weight is 369 g/mol. The summed E-state index contributed by atoms with van der Waals surface area (Å²) in [7, 11) is -3.60. The maximum absolute atomic E-state index is 12.4. The van der Waals surface area contributed by atoms with E-state index in [1.54, 1.807) is 13.0 Å². The summed E-state index contributed by atoms with van der Waals surface area (Å²) < 4.78 is 28.2. The van der Waals surface area contributed by atoms with Crippen LogP contribution in [0.5, 0.6) is 0 Å². The number of nitrogens with two attached hydrogens (primary N) is 1. The molecule has 0 radical (unpaired) electrons. The monoisotopic (exact) mass is 368 g/mol. The lowest BCUT2D eigenvalue weighted by Gasteiger charge is -2.12. The van der Waals surface area contributed by atoms with E-state index < -0.39 is 10.0 Å². The largest absolute Gasteiger partial charge is 0.398 e. The van der Waals surface area contributed by atoms with Crippen molar-refractivity contribution in [2.45, 2.75) is 25.3 Å². The van der Waals surface area contributed by atoms with Gasteiger partial charge >= 0.3 is 0 Å². The molecule has 0 aliphatic heterocycles. The van der Waals surface area contributed by atoms with Crippen molar-refractivity contribution in [3.05, 3.63) is 57.6 Å². The molecule has 21 heavy (non-hydrogen) atoms. The maximum Gasteiger partial charge on any atom is 0.241 e. The van der Waals surface area contributed by atoms with Gasteiger partial charge in [0.1, 0.15) is 0 Å². The summed E-state index contributed by atoms with van der Waals surface area (Å²) in [5.41, 5.74) is 8.82. The average Bonchev–Trinajstić information content (AvgIpc) is 2.42. The van der Waals surface area contributed by atoms with E-state index in [0.717, 1.165) is 11.1 Å². The highest BCUT2D eigenvalue weighted by molar-refractivity contribution is 9.10. The van der Waals surface area contributed by atoms with Gasteiger partial charge in [0.15, 0.2) is 0 Å². The number of sulfonamides is 1. The molecule has 112 valence electrons. The zero-order valence-electron chi connectivity index (χ0n) is 11.9. The van der Waals surface area contributed by atoms with Gasteiger partial charge in [-0.25, -0.2) is 13.1 Å². The quantitative estimate of drug-likeness (QED) is 0.814. The second kappa shape index (κ2) is 6.17. The number of hydrogen-bond acceptors (Lipinski definition) is 3. The summed E-state index contributed by atoms with van der Waals surface area (Å²) >= 11 is 3.29. The van der Waals surface area contributed by atoms with Gasteiger partial charge in [-0.15, -0.1) is 0 Å². The van der Waals surface area contributed by atoms with Crippen LogP contribution in [0, 0.1) is 13.8 Å². The summed E-state index contributed by atoms with van der Waals surface area (Å²) in [6.07, 6.45) is 0. The molecule has 4 nitrogen and oxygen atoms in total. The number of halogens is 1. The van der Waals surface area contributed by atoms with Gasteiger partial charge in [-0.2, -0.15) is 0 Å². The fourth-order valence-corrected chi connectivity index (χ4v) is 3.74. The van der Waals surface area contributed by atoms with Crippen molar-refractivity contribution in [2.24, 2.45) is 0 Å². The van der Waals surface area contributed by atoms with Crippen LogP contribution in [-0.4, -0.2) is 8.42 Å². The molecule has 2 aromatic rings. The number of hydrogen-bond donors (Lipinski definition) is 2. The van der Waals surface area contributed by atoms with E-state index in [4.69, 9.17) is 5.73 Å². The van der Waals surface area contributed by atoms with E-state index in [9.17, 15) is 8.42 Å². The van der Waals surface area contributed by atoms with Crippen LogP contribution in [0.4, 0.5) is 5.69 Å². The molecule has 0 amide bonds. The van der Waals surface area contributed by atoms with Crippen LogP contribution in [0.15, 0.2) is 45.8 Å². The third-order valence-electron chi connectivity index (χ3n) is 3.30. The summed E-state index contributed by atoms with van der Waals surface area (Å²) in [4.78, 5) is 0.205. The van der Waals surface area contributed by atoms with E-state index in [1.165, 1.54) is 6.07 Å². The Kier molecular flexibility index (Phi) is 4.70. The normalized spacial score (nSPS) is 11.6. The summed E-state index contributed by atoms with van der Waals surface area (Å²) in [6, 6.07) is 10.8. The predicted octanol–water partition coefficient (Wildman–Crippen LogP) is 3.13. The van der Waals surface area contributed by atoms with Crippen LogP contribution < -0.4 is 10.5 Å². The van der Waals surface area contributed by atoms with Crippen molar-refractivity contribution < 1.29 is 8.42 Å². The van der Waals surface area contributed by atoms with Crippen molar-refractivity contribution >= 4 is 31.6 Å². The minimum absolute atomic E-state index is 0.205. The molecule has 0 aliphatic rings. The smallest absolute Gasteiger partial charge is 0.241 e. The molecule has 0 aromatic heterocycles. The standard InChI is InChI=1S/C15H17BrN2O2S/c1-10-5-3-4-6-12(10)9-18-21(19,20)15-8-14(17)13(16)7-11(15)2/h3-8,18H,9,17H2,1-2H3. The molecular weight excluding hydrogens is 352 g/mol. The van der Waals surface area contributed by atoms with Crippen molar-refractivity contribution in [1.29, 1.82) is 0 Å². The molecule has 0 heterocycles. The maximum atomic E-state index is 12.4. The van der Waals surface area contributed by atoms with Crippen molar-refractivity contribution in [2.75, 3.05) is 5.73 Å². The SMILES string of the molecule is Cc1ccccc1CNS(=O)(=O)c1cc(N)c(Br)cc1C. The highest BCUT2D eigenvalue weighted by Gasteiger charge is 2.18. The number of anilines is 1. The Morgan fingerprint density at radius 3 is 2.48 bits per heavy atom. The Morgan fingerprint density at radius 1 is 1.14 bits per heavy atom. The summed E-state index contributed by atoms with van der Waals surface area (Å²) in [6.45, 7) is 3.95. The molecule has 0 atom stereocenters. The van der Waals surface area contributed by atoms with E-state index in [1.807, 2.05) is 31.2 Å². The molecule has 6 heteroatoms. The van der Waals surface area contributed by atoms with Crippen molar-refractivity contribution in [3.63, 3.8) is 0 Å². The fourth-order valence-electron chi connectivity index (χ4n) is 2.02. The Balaban J connectivity index is 2.27. The number of aryl methyl sites for hydroxylation is 2.